The number of furan rings is 1. The summed E-state index contributed by atoms with van der Waals surface area (Å²) >= 11 is 1.96. The molecule has 2 N–H and O–H groups in total. The molecular weight excluding hydrogens is 485 g/mol. The Balaban J connectivity index is 1.92. The van der Waals surface area contributed by atoms with Crippen LogP contribution in [0.3, 0.4) is 0 Å². The molecule has 9 heteroatoms. The lowest BCUT2D eigenvalue weighted by Crippen LogP contribution is -2.26. The fraction of sp³-hybridized carbons (Fsp3) is 0.105. The van der Waals surface area contributed by atoms with Crippen LogP contribution in [0.5, 0.6) is 0 Å². The molecule has 0 saturated carbocycles. The van der Waals surface area contributed by atoms with Crippen LogP contribution in [-0.4, -0.2) is 19.1 Å². The molecule has 0 aliphatic carbocycles. The number of hydroxylamine groups is 1. The van der Waals surface area contributed by atoms with Crippen LogP contribution in [0.4, 0.5) is 20.2 Å². The number of amides is 1. The number of anilines is 2. The van der Waals surface area contributed by atoms with Gasteiger partial charge in [-0.25, -0.2) is 14.3 Å². The van der Waals surface area contributed by atoms with Crippen molar-refractivity contribution in [3.05, 3.63) is 70.2 Å². The molecule has 0 unspecified atom stereocenters. The van der Waals surface area contributed by atoms with Crippen LogP contribution < -0.4 is 10.8 Å². The monoisotopic (exact) mass is 500 g/mol. The summed E-state index contributed by atoms with van der Waals surface area (Å²) in [7, 11) is 0. The van der Waals surface area contributed by atoms with E-state index in [2.05, 4.69) is 17.4 Å². The summed E-state index contributed by atoms with van der Waals surface area (Å²) in [6, 6.07) is 7.33. The molecule has 0 atom stereocenters. The lowest BCUT2D eigenvalue weighted by atomic mass is 10.1. The molecule has 0 bridgehead atoms. The highest BCUT2D eigenvalue weighted by Crippen LogP contribution is 2.33. The van der Waals surface area contributed by atoms with Crippen molar-refractivity contribution in [1.82, 2.24) is 5.48 Å². The van der Waals surface area contributed by atoms with E-state index in [0.717, 1.165) is 0 Å². The Kier molecular flexibility index (Phi) is 6.47. The lowest BCUT2D eigenvalue weighted by molar-refractivity contribution is 0.0145. The molecule has 0 spiro atoms. The molecular formula is C19H15F2IN2O4. The Hall–Kier alpha value is -2.66. The molecule has 0 radical (unpaired) electrons. The number of fused-ring (bicyclic) bond motifs is 1. The van der Waals surface area contributed by atoms with E-state index in [-0.39, 0.29) is 35.7 Å². The highest BCUT2D eigenvalue weighted by atomic mass is 127. The minimum Gasteiger partial charge on any atom is -0.499 e. The lowest BCUT2D eigenvalue weighted by Gasteiger charge is -2.14. The van der Waals surface area contributed by atoms with Crippen LogP contribution in [0.1, 0.15) is 10.4 Å². The number of nitrogens with one attached hydrogen (secondary N) is 2. The number of rotatable bonds is 8. The van der Waals surface area contributed by atoms with Gasteiger partial charge in [0.15, 0.2) is 11.4 Å². The number of hydrogen-bond acceptors (Lipinski definition) is 5. The van der Waals surface area contributed by atoms with Gasteiger partial charge in [0.05, 0.1) is 29.5 Å². The second-order valence-corrected chi connectivity index (χ2v) is 6.76. The van der Waals surface area contributed by atoms with Crippen molar-refractivity contribution in [2.75, 3.05) is 18.5 Å². The van der Waals surface area contributed by atoms with Gasteiger partial charge < -0.3 is 14.5 Å². The fourth-order valence-corrected chi connectivity index (χ4v) is 2.90. The van der Waals surface area contributed by atoms with Gasteiger partial charge in [-0.05, 0) is 52.9 Å². The van der Waals surface area contributed by atoms with E-state index in [1.54, 1.807) is 6.07 Å². The zero-order valence-corrected chi connectivity index (χ0v) is 16.6. The molecule has 28 heavy (non-hydrogen) atoms. The molecule has 0 aliphatic rings. The van der Waals surface area contributed by atoms with Crippen molar-refractivity contribution < 1.29 is 27.6 Å². The zero-order valence-electron chi connectivity index (χ0n) is 14.4. The minimum atomic E-state index is -0.819. The summed E-state index contributed by atoms with van der Waals surface area (Å²) in [4.78, 5) is 17.5. The number of halogens is 3. The standard InChI is InChI=1S/C19H15F2IN2O4/c1-2-26-7-8-28-24-19(25)13-9-11-5-6-27-18(11)16(21)17(13)23-15-4-3-12(22)10-14(15)20/h2-6,9-10,23H,1,7-8H2,(H,24,25). The second-order valence-electron chi connectivity index (χ2n) is 5.52. The van der Waals surface area contributed by atoms with Crippen LogP contribution in [0.25, 0.3) is 11.0 Å². The van der Waals surface area contributed by atoms with Gasteiger partial charge in [0.1, 0.15) is 19.0 Å². The molecule has 1 aromatic heterocycles. The van der Waals surface area contributed by atoms with E-state index in [9.17, 15) is 13.6 Å². The van der Waals surface area contributed by atoms with Crippen LogP contribution in [0.2, 0.25) is 0 Å². The normalized spacial score (nSPS) is 10.7. The smallest absolute Gasteiger partial charge is 0.277 e. The third-order valence-electron chi connectivity index (χ3n) is 3.71. The molecule has 0 aliphatic heterocycles. The van der Waals surface area contributed by atoms with Crippen molar-refractivity contribution >= 4 is 50.8 Å². The van der Waals surface area contributed by atoms with E-state index in [1.807, 2.05) is 22.6 Å². The second kappa shape index (κ2) is 9.02. The first-order valence-electron chi connectivity index (χ1n) is 8.07. The molecule has 1 amide bonds. The number of carbonyl (C=O) groups excluding carboxylic acids is 1. The summed E-state index contributed by atoms with van der Waals surface area (Å²) in [6.07, 6.45) is 2.54. The highest BCUT2D eigenvalue weighted by Gasteiger charge is 2.22. The Morgan fingerprint density at radius 2 is 2.07 bits per heavy atom. The Labute approximate surface area is 172 Å². The first-order valence-corrected chi connectivity index (χ1v) is 9.15. The van der Waals surface area contributed by atoms with Gasteiger partial charge in [-0.2, -0.15) is 0 Å². The van der Waals surface area contributed by atoms with Gasteiger partial charge >= 0.3 is 0 Å². The Morgan fingerprint density at radius 3 is 2.82 bits per heavy atom. The van der Waals surface area contributed by atoms with Gasteiger partial charge in [0.25, 0.3) is 5.91 Å². The van der Waals surface area contributed by atoms with Crippen LogP contribution in [0, 0.1) is 15.2 Å². The van der Waals surface area contributed by atoms with Gasteiger partial charge in [-0.3, -0.25) is 9.63 Å². The van der Waals surface area contributed by atoms with Crippen molar-refractivity contribution in [3.8, 4) is 0 Å². The number of ether oxygens (including phenoxy) is 1. The Morgan fingerprint density at radius 1 is 1.25 bits per heavy atom. The molecule has 2 aromatic carbocycles. The van der Waals surface area contributed by atoms with Crippen LogP contribution in [0.15, 0.2) is 53.9 Å². The van der Waals surface area contributed by atoms with Crippen LogP contribution in [-0.2, 0) is 9.57 Å². The molecule has 3 rings (SSSR count). The van der Waals surface area contributed by atoms with Crippen molar-refractivity contribution in [1.29, 1.82) is 0 Å². The molecule has 146 valence electrons. The number of benzene rings is 2. The molecule has 6 nitrogen and oxygen atoms in total. The van der Waals surface area contributed by atoms with Gasteiger partial charge in [0, 0.05) is 8.96 Å². The molecule has 0 fully saturated rings. The summed E-state index contributed by atoms with van der Waals surface area (Å²) in [6.45, 7) is 3.62. The van der Waals surface area contributed by atoms with E-state index in [4.69, 9.17) is 14.0 Å². The predicted octanol–water partition coefficient (Wildman–Crippen LogP) is 4.88. The first-order chi connectivity index (χ1) is 13.5. The van der Waals surface area contributed by atoms with Crippen LogP contribution >= 0.6 is 22.6 Å². The van der Waals surface area contributed by atoms with E-state index in [0.29, 0.717) is 8.96 Å². The predicted molar refractivity (Wildman–Crippen MR) is 108 cm³/mol. The highest BCUT2D eigenvalue weighted by molar-refractivity contribution is 14.1. The van der Waals surface area contributed by atoms with Gasteiger partial charge in [-0.1, -0.05) is 6.58 Å². The Bertz CT molecular complexity index is 1020. The molecule has 0 saturated heterocycles. The van der Waals surface area contributed by atoms with E-state index >= 15 is 0 Å². The number of hydrogen-bond donors (Lipinski definition) is 2. The summed E-state index contributed by atoms with van der Waals surface area (Å²) in [5.41, 5.74) is 1.86. The molecule has 1 heterocycles. The summed E-state index contributed by atoms with van der Waals surface area (Å²) < 4.78 is 39.9. The quantitative estimate of drug-likeness (QED) is 0.200. The van der Waals surface area contributed by atoms with Gasteiger partial charge in [0.2, 0.25) is 0 Å². The van der Waals surface area contributed by atoms with E-state index in [1.165, 1.54) is 36.8 Å². The summed E-state index contributed by atoms with van der Waals surface area (Å²) in [5, 5.41) is 3.02. The molecule has 3 aromatic rings. The first kappa shape index (κ1) is 20.1. The number of carbonyl (C=O) groups is 1. The SMILES string of the molecule is C=COCCONC(=O)c1cc2ccoc2c(F)c1Nc1ccc(I)cc1F. The van der Waals surface area contributed by atoms with E-state index < -0.39 is 17.5 Å². The van der Waals surface area contributed by atoms with Crippen molar-refractivity contribution in [2.24, 2.45) is 0 Å². The third kappa shape index (κ3) is 4.42. The third-order valence-corrected chi connectivity index (χ3v) is 4.38. The largest absolute Gasteiger partial charge is 0.499 e. The topological polar surface area (TPSA) is 72.7 Å². The maximum atomic E-state index is 15.0. The van der Waals surface area contributed by atoms with Gasteiger partial charge in [-0.15, -0.1) is 0 Å². The zero-order chi connectivity index (χ0) is 20.1. The summed E-state index contributed by atoms with van der Waals surface area (Å²) in [5.74, 6) is -2.12. The maximum Gasteiger partial charge on any atom is 0.277 e. The average Bonchev–Trinajstić information content (AvgIpc) is 3.14. The fourth-order valence-electron chi connectivity index (χ4n) is 2.44. The van der Waals surface area contributed by atoms with Crippen molar-refractivity contribution in [3.63, 3.8) is 0 Å². The minimum absolute atomic E-state index is 0.0135. The maximum absolute atomic E-state index is 15.0. The van der Waals surface area contributed by atoms with Crippen molar-refractivity contribution in [2.45, 2.75) is 0 Å². The average molecular weight is 500 g/mol.